The number of aliphatic hydroxyl groups is 2. The average molecular weight is 379 g/mol. The minimum Gasteiger partial charge on any atom is -0.460 e. The molecule has 0 radical (unpaired) electrons. The first kappa shape index (κ1) is 25.4. The van der Waals surface area contributed by atoms with Gasteiger partial charge in [-0.3, -0.25) is 0 Å². The van der Waals surface area contributed by atoms with Gasteiger partial charge in [0.05, 0.1) is 6.61 Å². The summed E-state index contributed by atoms with van der Waals surface area (Å²) in [5.41, 5.74) is 5.13. The fourth-order valence-corrected chi connectivity index (χ4v) is 2.43. The van der Waals surface area contributed by atoms with E-state index in [1.165, 1.54) is 22.8 Å². The first-order valence-electron chi connectivity index (χ1n) is 9.82. The van der Waals surface area contributed by atoms with Gasteiger partial charge in [0.15, 0.2) is 0 Å². The second kappa shape index (κ2) is 15.4. The van der Waals surface area contributed by atoms with Crippen molar-refractivity contribution < 1.29 is 19.7 Å². The summed E-state index contributed by atoms with van der Waals surface area (Å²) < 4.78 is 4.86. The lowest BCUT2D eigenvalue weighted by Gasteiger charge is -2.07. The Hall–Kier alpha value is -1.65. The Kier molecular flexibility index (Phi) is 14.5. The van der Waals surface area contributed by atoms with E-state index in [0.29, 0.717) is 0 Å². The van der Waals surface area contributed by atoms with Crippen molar-refractivity contribution in [1.29, 1.82) is 0 Å². The molecule has 4 nitrogen and oxygen atoms in total. The van der Waals surface area contributed by atoms with Gasteiger partial charge in [0.25, 0.3) is 0 Å². The summed E-state index contributed by atoms with van der Waals surface area (Å²) in [5.74, 6) is -0.477. The van der Waals surface area contributed by atoms with Gasteiger partial charge in [-0.05, 0) is 73.1 Å². The molecular weight excluding hydrogens is 340 g/mol. The third-order valence-electron chi connectivity index (χ3n) is 4.15. The monoisotopic (exact) mass is 378 g/mol. The Morgan fingerprint density at radius 1 is 0.852 bits per heavy atom. The molecule has 154 valence electrons. The summed E-state index contributed by atoms with van der Waals surface area (Å²) in [5, 5.41) is 17.8. The van der Waals surface area contributed by atoms with Gasteiger partial charge >= 0.3 is 5.97 Å². The van der Waals surface area contributed by atoms with E-state index >= 15 is 0 Å². The first-order chi connectivity index (χ1) is 12.7. The molecule has 0 bridgehead atoms. The van der Waals surface area contributed by atoms with Gasteiger partial charge in [0.2, 0.25) is 0 Å². The molecule has 0 aromatic carbocycles. The highest BCUT2D eigenvalue weighted by atomic mass is 16.5. The number of ether oxygens (including phenoxy) is 1. The van der Waals surface area contributed by atoms with Crippen molar-refractivity contribution in [3.8, 4) is 0 Å². The van der Waals surface area contributed by atoms with Crippen LogP contribution in [0.3, 0.4) is 0 Å². The molecule has 0 saturated heterocycles. The van der Waals surface area contributed by atoms with Crippen LogP contribution in [0.5, 0.6) is 0 Å². The van der Waals surface area contributed by atoms with Crippen LogP contribution in [0.1, 0.15) is 73.1 Å². The Morgan fingerprint density at radius 3 is 1.81 bits per heavy atom. The smallest absolute Gasteiger partial charge is 0.330 e. The lowest BCUT2D eigenvalue weighted by molar-refractivity contribution is -0.141. The van der Waals surface area contributed by atoms with Crippen molar-refractivity contribution in [2.45, 2.75) is 79.2 Å². The number of aliphatic hydroxyl groups excluding tert-OH is 2. The molecule has 1 atom stereocenters. The Bertz CT molecular complexity index is 549. The third-order valence-corrected chi connectivity index (χ3v) is 4.15. The first-order valence-corrected chi connectivity index (χ1v) is 9.82. The Morgan fingerprint density at radius 2 is 1.33 bits per heavy atom. The molecule has 0 saturated carbocycles. The lowest BCUT2D eigenvalue weighted by atomic mass is 10.0. The zero-order chi connectivity index (χ0) is 20.7. The zero-order valence-corrected chi connectivity index (χ0v) is 17.8. The van der Waals surface area contributed by atoms with Crippen molar-refractivity contribution in [2.24, 2.45) is 0 Å². The molecular formula is C23H38O4. The molecule has 0 spiro atoms. The van der Waals surface area contributed by atoms with Gasteiger partial charge in [-0.2, -0.15) is 0 Å². The predicted molar refractivity (Wildman–Crippen MR) is 112 cm³/mol. The minimum absolute atomic E-state index is 0.181. The summed E-state index contributed by atoms with van der Waals surface area (Å²) in [6.07, 6.45) is 13.3. The van der Waals surface area contributed by atoms with E-state index in [-0.39, 0.29) is 6.61 Å². The summed E-state index contributed by atoms with van der Waals surface area (Å²) in [7, 11) is 0. The van der Waals surface area contributed by atoms with Gasteiger partial charge in [0.1, 0.15) is 12.7 Å². The Balaban J connectivity index is 4.11. The van der Waals surface area contributed by atoms with Crippen LogP contribution >= 0.6 is 0 Å². The molecule has 0 aliphatic rings. The highest BCUT2D eigenvalue weighted by molar-refractivity contribution is 5.82. The summed E-state index contributed by atoms with van der Waals surface area (Å²) in [4.78, 5) is 11.6. The maximum Gasteiger partial charge on any atom is 0.330 e. The number of allylic oxidation sites excluding steroid dienone is 7. The topological polar surface area (TPSA) is 66.8 Å². The van der Waals surface area contributed by atoms with Gasteiger partial charge < -0.3 is 14.9 Å². The molecule has 0 amide bonds. The van der Waals surface area contributed by atoms with Crippen LogP contribution in [-0.2, 0) is 9.53 Å². The van der Waals surface area contributed by atoms with E-state index < -0.39 is 18.7 Å². The molecule has 0 aliphatic heterocycles. The number of carbonyl (C=O) groups is 1. The van der Waals surface area contributed by atoms with Crippen LogP contribution in [0.2, 0.25) is 0 Å². The van der Waals surface area contributed by atoms with Crippen LogP contribution in [0.4, 0.5) is 0 Å². The van der Waals surface area contributed by atoms with E-state index in [2.05, 4.69) is 45.9 Å². The summed E-state index contributed by atoms with van der Waals surface area (Å²) >= 11 is 0. The summed E-state index contributed by atoms with van der Waals surface area (Å²) in [6, 6.07) is 0. The second-order valence-corrected chi connectivity index (χ2v) is 7.46. The van der Waals surface area contributed by atoms with Crippen molar-refractivity contribution in [3.63, 3.8) is 0 Å². The SMILES string of the molecule is CC(C)=CCCC(C)=CCCC(C)=CCCC(C)=CC(=O)OCC(O)CO. The zero-order valence-electron chi connectivity index (χ0n) is 17.8. The van der Waals surface area contributed by atoms with Crippen LogP contribution in [0, 0.1) is 0 Å². The minimum atomic E-state index is -1.02. The van der Waals surface area contributed by atoms with Crippen molar-refractivity contribution >= 4 is 5.97 Å². The molecule has 0 aliphatic carbocycles. The molecule has 0 fully saturated rings. The quantitative estimate of drug-likeness (QED) is 0.268. The fraction of sp³-hybridized carbons (Fsp3) is 0.609. The number of hydrogen-bond acceptors (Lipinski definition) is 4. The van der Waals surface area contributed by atoms with Gasteiger partial charge in [-0.1, -0.05) is 40.5 Å². The lowest BCUT2D eigenvalue weighted by Crippen LogP contribution is -2.21. The molecule has 0 aromatic heterocycles. The number of rotatable bonds is 13. The number of hydrogen-bond donors (Lipinski definition) is 2. The molecule has 27 heavy (non-hydrogen) atoms. The standard InChI is InChI=1S/C23H38O4/c1-18(2)9-6-10-19(3)11-7-12-20(4)13-8-14-21(5)15-23(26)27-17-22(25)16-24/h9,11,13,15,22,24-25H,6-8,10,12,14,16-17H2,1-5H3. The van der Waals surface area contributed by atoms with Crippen molar-refractivity contribution in [1.82, 2.24) is 0 Å². The molecule has 4 heteroatoms. The molecule has 0 aromatic rings. The Labute approximate surface area is 165 Å². The van der Waals surface area contributed by atoms with Crippen LogP contribution < -0.4 is 0 Å². The molecule has 0 heterocycles. The maximum absolute atomic E-state index is 11.6. The fourth-order valence-electron chi connectivity index (χ4n) is 2.43. The maximum atomic E-state index is 11.6. The van der Waals surface area contributed by atoms with Gasteiger partial charge in [0, 0.05) is 6.08 Å². The van der Waals surface area contributed by atoms with Gasteiger partial charge in [-0.25, -0.2) is 4.79 Å². The van der Waals surface area contributed by atoms with E-state index in [1.54, 1.807) is 0 Å². The third kappa shape index (κ3) is 16.3. The van der Waals surface area contributed by atoms with E-state index in [1.807, 2.05) is 6.92 Å². The van der Waals surface area contributed by atoms with Crippen molar-refractivity contribution in [2.75, 3.05) is 13.2 Å². The number of carbonyl (C=O) groups excluding carboxylic acids is 1. The van der Waals surface area contributed by atoms with E-state index in [4.69, 9.17) is 14.9 Å². The normalized spacial score (nSPS) is 14.1. The van der Waals surface area contributed by atoms with Crippen molar-refractivity contribution in [3.05, 3.63) is 46.6 Å². The van der Waals surface area contributed by atoms with Crippen LogP contribution in [-0.4, -0.2) is 35.5 Å². The summed E-state index contributed by atoms with van der Waals surface area (Å²) in [6.45, 7) is 9.92. The highest BCUT2D eigenvalue weighted by Crippen LogP contribution is 2.13. The molecule has 1 unspecified atom stereocenters. The largest absolute Gasteiger partial charge is 0.460 e. The van der Waals surface area contributed by atoms with E-state index in [0.717, 1.165) is 44.1 Å². The average Bonchev–Trinajstić information content (AvgIpc) is 2.59. The van der Waals surface area contributed by atoms with Crippen LogP contribution in [0.15, 0.2) is 46.6 Å². The molecule has 0 rings (SSSR count). The van der Waals surface area contributed by atoms with Gasteiger partial charge in [-0.15, -0.1) is 0 Å². The number of esters is 1. The molecule has 2 N–H and O–H groups in total. The predicted octanol–water partition coefficient (Wildman–Crippen LogP) is 5.03. The van der Waals surface area contributed by atoms with E-state index in [9.17, 15) is 4.79 Å². The second-order valence-electron chi connectivity index (χ2n) is 7.46. The highest BCUT2D eigenvalue weighted by Gasteiger charge is 2.05. The van der Waals surface area contributed by atoms with Crippen LogP contribution in [0.25, 0.3) is 0 Å².